The molecule has 686 valence electrons. The normalized spacial score (nSPS) is 12.2. The average molecular weight is 2430 g/mol. The van der Waals surface area contributed by atoms with E-state index in [9.17, 15) is 94.2 Å². The monoisotopic (exact) mass is 2430 g/mol. The maximum Gasteiger partial charge on any atom is 1.00 e. The second-order valence-corrected chi connectivity index (χ2v) is 46.3. The number of nitrogens with zero attached hydrogens (tertiary/aromatic N) is 15. The third kappa shape index (κ3) is 28.0. The van der Waals surface area contributed by atoms with Gasteiger partial charge in [-0.3, -0.25) is 32.9 Å². The average Bonchev–Trinajstić information content (AvgIpc) is 1.58. The molecule has 0 aliphatic rings. The third-order valence-corrected chi connectivity index (χ3v) is 31.3. The Kier molecular flexibility index (Phi) is 40.4. The van der Waals surface area contributed by atoms with Gasteiger partial charge in [-0.2, -0.15) is 36.6 Å². The number of nitrogen functional groups attached to an aromatic ring is 2. The molecule has 0 bridgehead atoms. The van der Waals surface area contributed by atoms with Crippen LogP contribution in [0.2, 0.25) is 0 Å². The van der Waals surface area contributed by atoms with Crippen molar-refractivity contribution in [3.63, 3.8) is 0 Å². The first kappa shape index (κ1) is 113. The molecule has 0 unspecified atom stereocenters. The molecule has 6 aromatic heterocycles. The third-order valence-electron chi connectivity index (χ3n) is 16.2. The molecular weight excluding hydrogens is 2360 g/mol. The summed E-state index contributed by atoms with van der Waals surface area (Å²) in [5, 5.41) is 42.5. The minimum atomic E-state index is -4.67. The second-order valence-electron chi connectivity index (χ2n) is 26.2. The molecule has 0 spiro atoms. The molecule has 58 heteroatoms. The first-order chi connectivity index (χ1) is 57.2. The van der Waals surface area contributed by atoms with E-state index < -0.39 is 101 Å². The van der Waals surface area contributed by atoms with Gasteiger partial charge in [0.25, 0.3) is 12.9 Å². The molecule has 0 amide bonds. The number of hydrogen-bond donors (Lipinski definition) is 4. The van der Waals surface area contributed by atoms with Crippen LogP contribution in [0.15, 0.2) is 124 Å². The Morgan fingerprint density at radius 1 is 0.421 bits per heavy atom. The maximum atomic E-state index is 13.3. The van der Waals surface area contributed by atoms with Crippen LogP contribution in [0.25, 0.3) is 77.6 Å². The molecule has 35 nitrogen and oxygen atoms in total. The predicted molar refractivity (Wildman–Crippen MR) is 502 cm³/mol. The van der Waals surface area contributed by atoms with E-state index in [1.54, 1.807) is 53.8 Å². The second kappa shape index (κ2) is 45.2. The first-order valence-electron chi connectivity index (χ1n) is 34.2. The number of sulfone groups is 1. The van der Waals surface area contributed by atoms with Crippen molar-refractivity contribution < 1.29 is 161 Å². The van der Waals surface area contributed by atoms with Crippen molar-refractivity contribution in [2.45, 2.75) is 39.4 Å². The topological polar surface area (TPSA) is 474 Å². The number of carbonyl (C=O) groups is 1. The molecule has 12 aromatic rings. The summed E-state index contributed by atoms with van der Waals surface area (Å²) in [4.78, 5) is 11.2. The summed E-state index contributed by atoms with van der Waals surface area (Å²) in [5.41, 5.74) is 16.7. The molecule has 0 saturated carbocycles. The van der Waals surface area contributed by atoms with Gasteiger partial charge in [-0.15, -0.1) is 17.2 Å². The number of aldehydes is 1. The van der Waals surface area contributed by atoms with E-state index in [0.29, 0.717) is 79.5 Å². The zero-order valence-corrected chi connectivity index (χ0v) is 89.4. The summed E-state index contributed by atoms with van der Waals surface area (Å²) < 4.78 is 267. The Morgan fingerprint density at radius 2 is 0.683 bits per heavy atom. The molecule has 0 saturated heterocycles. The Labute approximate surface area is 826 Å². The molecule has 0 fully saturated rings. The fourth-order valence-electron chi connectivity index (χ4n) is 12.1. The van der Waals surface area contributed by atoms with Crippen molar-refractivity contribution in [2.24, 2.45) is 42.3 Å². The van der Waals surface area contributed by atoms with Crippen LogP contribution in [0.5, 0.6) is 0 Å². The molecule has 6 heterocycles. The predicted octanol–water partition coefficient (Wildman–Crippen LogP) is 12.2. The van der Waals surface area contributed by atoms with Gasteiger partial charge in [-0.05, 0) is 192 Å². The number of rotatable bonds is 17. The van der Waals surface area contributed by atoms with Gasteiger partial charge in [0.1, 0.15) is 0 Å². The van der Waals surface area contributed by atoms with E-state index in [-0.39, 0.29) is 121 Å². The van der Waals surface area contributed by atoms with Gasteiger partial charge in [-0.25, -0.2) is 87.0 Å². The van der Waals surface area contributed by atoms with Crippen LogP contribution in [0.3, 0.4) is 0 Å². The van der Waals surface area contributed by atoms with Crippen molar-refractivity contribution in [2.75, 3.05) is 66.4 Å². The Bertz CT molecular complexity index is 6940. The van der Waals surface area contributed by atoms with Crippen LogP contribution in [-0.2, 0) is 123 Å². The van der Waals surface area contributed by atoms with Gasteiger partial charge in [0, 0.05) is 101 Å². The van der Waals surface area contributed by atoms with Crippen molar-refractivity contribution in [3.05, 3.63) is 161 Å². The van der Waals surface area contributed by atoms with Gasteiger partial charge in [0.15, 0.2) is 45.2 Å². The summed E-state index contributed by atoms with van der Waals surface area (Å²) in [7, 11) is -18.5. The van der Waals surface area contributed by atoms with Crippen LogP contribution >= 0.6 is 118 Å². The number of halogens is 14. The van der Waals surface area contributed by atoms with Crippen LogP contribution in [0, 0.1) is 3.57 Å². The summed E-state index contributed by atoms with van der Waals surface area (Å²) in [6.45, 7) is 0.470. The molecule has 6 aromatic carbocycles. The van der Waals surface area contributed by atoms with Gasteiger partial charge in [0.05, 0.1) is 109 Å². The van der Waals surface area contributed by atoms with E-state index in [1.165, 1.54) is 59.3 Å². The summed E-state index contributed by atoms with van der Waals surface area (Å²) in [6, 6.07) is 19.9. The number of allylic oxidation sites excluding steroid dienone is 3. The van der Waals surface area contributed by atoms with Crippen LogP contribution in [0.4, 0.5) is 59.6 Å². The number of hydrogen-bond acceptors (Lipinski definition) is 26. The van der Waals surface area contributed by atoms with Crippen LogP contribution in [-0.4, -0.2) is 185 Å². The zero-order chi connectivity index (χ0) is 95.8. The Balaban J connectivity index is 0.000000312. The van der Waals surface area contributed by atoms with E-state index in [4.69, 9.17) is 22.0 Å². The fourth-order valence-corrected chi connectivity index (χ4v) is 25.6. The minimum absolute atomic E-state index is 0. The minimum Gasteiger partial charge on any atom is -0.445 e. The number of aromatic nitrogens is 12. The molecule has 12 rings (SSSR count). The smallest absolute Gasteiger partial charge is 0.445 e. The van der Waals surface area contributed by atoms with Gasteiger partial charge < -0.3 is 24.4 Å². The van der Waals surface area contributed by atoms with Crippen molar-refractivity contribution in [1.82, 2.24) is 58.7 Å². The molecule has 0 aliphatic heterocycles. The number of carbonyl (C=O) groups excluding carboxylic acids is 1. The molecule has 6 N–H and O–H groups in total. The van der Waals surface area contributed by atoms with Crippen molar-refractivity contribution in [1.29, 1.82) is 0 Å². The summed E-state index contributed by atoms with van der Waals surface area (Å²) in [6.07, 6.45) is 9.02. The Morgan fingerprint density at radius 3 is 0.984 bits per heavy atom. The molecular formula is C68H77BBr6F7IKN17O18S7. The van der Waals surface area contributed by atoms with E-state index in [0.717, 1.165) is 88.0 Å². The van der Waals surface area contributed by atoms with Gasteiger partial charge in [-0.1, -0.05) is 60.5 Å². The van der Waals surface area contributed by atoms with Crippen molar-refractivity contribution >= 4 is 308 Å². The van der Waals surface area contributed by atoms with Crippen LogP contribution in [0.1, 0.15) is 71.9 Å². The van der Waals surface area contributed by atoms with E-state index in [2.05, 4.69) is 154 Å². The number of nitrogens with two attached hydrogens (primary N) is 2. The molecule has 126 heavy (non-hydrogen) atoms. The fraction of sp³-hybridized carbons (Fsp3) is 0.279. The molecule has 0 radical (unpaired) electrons. The number of fused-ring (bicyclic) bond motifs is 6. The molecule has 0 atom stereocenters. The number of alkyl halides is 4. The summed E-state index contributed by atoms with van der Waals surface area (Å²) in [5.74, 6) is 0.00236. The SMILES string of the molecule is C/C=C/[B-](F)(F)F.C/C=C/c1ccc(Br)c2c1c(N(S(C)(=O)=O)S(C)(=O)=O)nn2C.C/C=C/c1ccc(Br)c2c1c(N)nn2C.Cn1nc(CS(C)(=O)=O)c2c(C(F)F)ccc(Br)c21.Cn1nc(N(S(C)(=O)=O)S(C)(=O)=O)c2c(C(F)F)ccc(Br)c21.Cn1nc(N(S(C)(=O)=O)S(C)(=O)=O)c2c(C=O)ccc(Br)c21.Cn1nc(N)c2c(I)ccc(Br)c21.OOO.[K+]. The van der Waals surface area contributed by atoms with Gasteiger partial charge in [0.2, 0.25) is 60.1 Å². The number of sulfonamides is 6. The molecule has 0 aliphatic carbocycles. The van der Waals surface area contributed by atoms with E-state index in [1.807, 2.05) is 64.4 Å². The number of aryl methyl sites for hydroxylation is 6. The standard InChI is InChI=1S/C13H16BrN3O4S2.C11H12BrF2N3O4S2.C11H11BrF2N2O2S.C11H12BrN3O5S2.C11H12BrN3.C8H7BrIN3.C3H5BF3.K.H2O3/c1-5-6-9-7-8-10(14)12-11(9)13(15-16(12)2)17(22(3,18)19)23(4,20)21;1-16-9-7(12)5-4-6(10(13)14)8(9)11(15-16)17(22(2,18)19)23(3,20)21;1-16-10-7(12)4-3-6(11(13)14)9(10)8(15-16)5-19(2,17)18;1-14-10-8(12)5-4-7(6-16)9(10)11(13-14)15(21(2,17)18)22(3,19)20;1-3-4-7-5-6-8(12)10-9(7)11(13)14-15(10)2;1-13-7-4(9)2-3-5(10)6(7)8(11)12-13;1-2-3-4(5,6)7;;1-3-2/h5-8H,1-4H3;4-5,10H,1-3H3;3-4,11H,5H2,1-2H3;4-6H,1-3H3;3-6H,1-2H3,(H2,13,14);2-3H,1H3,(H2,11,12);2-3H,1H3;;1-2H/q;;;;;;-1;+1;/b6-5+;;;;4-3+;;3-2+;;. The van der Waals surface area contributed by atoms with E-state index >= 15 is 0 Å². The zero-order valence-electron chi connectivity index (χ0n) is 68.8. The largest absolute Gasteiger partial charge is 1.00 e. The summed E-state index contributed by atoms with van der Waals surface area (Å²) >= 11 is 22.4. The van der Waals surface area contributed by atoms with Gasteiger partial charge >= 0.3 is 58.4 Å². The first-order valence-corrected chi connectivity index (χ1v) is 53.2. The van der Waals surface area contributed by atoms with Crippen LogP contribution < -0.4 is 74.0 Å². The quantitative estimate of drug-likeness (QED) is 0.0164. The number of anilines is 5. The number of benzene rings is 6. The van der Waals surface area contributed by atoms with Crippen molar-refractivity contribution in [3.8, 4) is 0 Å². The maximum absolute atomic E-state index is 13.3. The Hall–Kier alpha value is -5.62.